The Labute approximate surface area is 140 Å². The molecule has 0 aliphatic carbocycles. The normalized spacial score (nSPS) is 10.5. The maximum Gasteiger partial charge on any atom is 0.337 e. The van der Waals surface area contributed by atoms with Crippen molar-refractivity contribution in [2.24, 2.45) is 0 Å². The second-order valence-electron chi connectivity index (χ2n) is 5.54. The van der Waals surface area contributed by atoms with Crippen molar-refractivity contribution in [3.05, 3.63) is 59.7 Å². The Kier molecular flexibility index (Phi) is 5.52. The molecule has 1 aromatic carbocycles. The second-order valence-corrected chi connectivity index (χ2v) is 5.54. The summed E-state index contributed by atoms with van der Waals surface area (Å²) < 4.78 is 1.84. The van der Waals surface area contributed by atoms with Crippen LogP contribution in [0.5, 0.6) is 0 Å². The lowest BCUT2D eigenvalue weighted by atomic mass is 10.1. The van der Waals surface area contributed by atoms with Crippen LogP contribution in [-0.2, 0) is 17.8 Å². The number of aliphatic carboxylic acids is 1. The molecule has 0 saturated heterocycles. The van der Waals surface area contributed by atoms with Crippen molar-refractivity contribution in [2.45, 2.75) is 32.7 Å². The molecule has 0 aliphatic rings. The van der Waals surface area contributed by atoms with Crippen molar-refractivity contribution in [2.75, 3.05) is 0 Å². The standard InChI is InChI=1S/C18H20N2O4/c1-3-4-5-16-19-10-15(12(2)17(21)22)20(16)11-13-6-8-14(9-7-13)18(23)24/h6-10H,2-5,11H2,1H3,(H,21,22)(H,23,24). The Balaban J connectivity index is 2.34. The lowest BCUT2D eigenvalue weighted by molar-refractivity contribution is -0.130. The minimum absolute atomic E-state index is 0.00703. The fourth-order valence-electron chi connectivity index (χ4n) is 2.41. The van der Waals surface area contributed by atoms with Gasteiger partial charge in [0.2, 0.25) is 0 Å². The minimum Gasteiger partial charge on any atom is -0.478 e. The molecular weight excluding hydrogens is 308 g/mol. The summed E-state index contributed by atoms with van der Waals surface area (Å²) in [6.07, 6.45) is 4.24. The fourth-order valence-corrected chi connectivity index (χ4v) is 2.41. The number of carboxylic acid groups (broad SMARTS) is 2. The highest BCUT2D eigenvalue weighted by atomic mass is 16.4. The predicted octanol–water partition coefficient (Wildman–Crippen LogP) is 3.07. The number of rotatable bonds is 8. The zero-order valence-corrected chi connectivity index (χ0v) is 13.5. The molecule has 1 heterocycles. The number of aromatic carboxylic acids is 1. The van der Waals surface area contributed by atoms with E-state index in [-0.39, 0.29) is 11.1 Å². The summed E-state index contributed by atoms with van der Waals surface area (Å²) in [5.41, 5.74) is 1.55. The Bertz CT molecular complexity index is 760. The van der Waals surface area contributed by atoms with Gasteiger partial charge in [-0.25, -0.2) is 14.6 Å². The third-order valence-corrected chi connectivity index (χ3v) is 3.80. The second kappa shape index (κ2) is 7.59. The van der Waals surface area contributed by atoms with Crippen molar-refractivity contribution >= 4 is 17.5 Å². The summed E-state index contributed by atoms with van der Waals surface area (Å²) >= 11 is 0. The van der Waals surface area contributed by atoms with Crippen LogP contribution in [0.1, 0.15) is 47.2 Å². The first-order valence-corrected chi connectivity index (χ1v) is 7.73. The van der Waals surface area contributed by atoms with E-state index in [4.69, 9.17) is 5.11 Å². The summed E-state index contributed by atoms with van der Waals surface area (Å²) in [5.74, 6) is -1.26. The Hall–Kier alpha value is -2.89. The Morgan fingerprint density at radius 2 is 1.88 bits per heavy atom. The van der Waals surface area contributed by atoms with Gasteiger partial charge in [-0.05, 0) is 24.1 Å². The highest BCUT2D eigenvalue weighted by Gasteiger charge is 2.17. The largest absolute Gasteiger partial charge is 0.478 e. The van der Waals surface area contributed by atoms with Crippen LogP contribution < -0.4 is 0 Å². The minimum atomic E-state index is -1.08. The van der Waals surface area contributed by atoms with Gasteiger partial charge < -0.3 is 14.8 Å². The molecule has 24 heavy (non-hydrogen) atoms. The van der Waals surface area contributed by atoms with E-state index in [1.54, 1.807) is 12.1 Å². The van der Waals surface area contributed by atoms with Crippen LogP contribution in [0, 0.1) is 0 Å². The zero-order chi connectivity index (χ0) is 17.7. The zero-order valence-electron chi connectivity index (χ0n) is 13.5. The van der Waals surface area contributed by atoms with E-state index in [2.05, 4.69) is 18.5 Å². The first-order valence-electron chi connectivity index (χ1n) is 7.73. The van der Waals surface area contributed by atoms with Crippen LogP contribution in [-0.4, -0.2) is 31.7 Å². The van der Waals surface area contributed by atoms with Gasteiger partial charge in [-0.1, -0.05) is 32.1 Å². The van der Waals surface area contributed by atoms with E-state index >= 15 is 0 Å². The number of carboxylic acids is 2. The van der Waals surface area contributed by atoms with Crippen LogP contribution in [0.3, 0.4) is 0 Å². The van der Waals surface area contributed by atoms with E-state index in [1.165, 1.54) is 18.3 Å². The maximum absolute atomic E-state index is 11.2. The SMILES string of the molecule is C=C(C(=O)O)c1cnc(CCCC)n1Cc1ccc(C(=O)O)cc1. The van der Waals surface area contributed by atoms with Crippen LogP contribution >= 0.6 is 0 Å². The summed E-state index contributed by atoms with van der Waals surface area (Å²) in [4.78, 5) is 26.5. The predicted molar refractivity (Wildman–Crippen MR) is 90.0 cm³/mol. The number of hydrogen-bond acceptors (Lipinski definition) is 3. The molecule has 0 radical (unpaired) electrons. The van der Waals surface area contributed by atoms with E-state index in [0.717, 1.165) is 30.7 Å². The number of aromatic nitrogens is 2. The molecule has 2 rings (SSSR count). The van der Waals surface area contributed by atoms with Gasteiger partial charge in [0.25, 0.3) is 0 Å². The molecular formula is C18H20N2O4. The summed E-state index contributed by atoms with van der Waals surface area (Å²) in [5, 5.41) is 18.2. The van der Waals surface area contributed by atoms with E-state index < -0.39 is 11.9 Å². The average Bonchev–Trinajstić information content (AvgIpc) is 2.95. The van der Waals surface area contributed by atoms with Crippen LogP contribution in [0.4, 0.5) is 0 Å². The molecule has 0 aliphatic heterocycles. The molecule has 2 aromatic rings. The highest BCUT2D eigenvalue weighted by Crippen LogP contribution is 2.19. The smallest absolute Gasteiger partial charge is 0.337 e. The molecule has 0 bridgehead atoms. The van der Waals surface area contributed by atoms with E-state index in [9.17, 15) is 14.7 Å². The van der Waals surface area contributed by atoms with Gasteiger partial charge in [0.1, 0.15) is 5.82 Å². The number of hydrogen-bond donors (Lipinski definition) is 2. The number of nitrogens with zero attached hydrogens (tertiary/aromatic N) is 2. The lowest BCUT2D eigenvalue weighted by Gasteiger charge is -2.12. The van der Waals surface area contributed by atoms with Crippen molar-refractivity contribution in [1.82, 2.24) is 9.55 Å². The molecule has 2 N–H and O–H groups in total. The van der Waals surface area contributed by atoms with Crippen molar-refractivity contribution in [3.8, 4) is 0 Å². The monoisotopic (exact) mass is 328 g/mol. The first-order chi connectivity index (χ1) is 11.4. The lowest BCUT2D eigenvalue weighted by Crippen LogP contribution is -2.11. The molecule has 0 atom stereocenters. The molecule has 0 saturated carbocycles. The Morgan fingerprint density at radius 1 is 1.21 bits per heavy atom. The summed E-state index contributed by atoms with van der Waals surface area (Å²) in [6.45, 7) is 6.12. The third kappa shape index (κ3) is 3.90. The summed E-state index contributed by atoms with van der Waals surface area (Å²) in [6, 6.07) is 6.51. The van der Waals surface area contributed by atoms with Gasteiger partial charge in [-0.3, -0.25) is 0 Å². The van der Waals surface area contributed by atoms with Gasteiger partial charge in [0.05, 0.1) is 23.0 Å². The number of carbonyl (C=O) groups is 2. The molecule has 0 unspecified atom stereocenters. The maximum atomic E-state index is 11.2. The molecule has 0 spiro atoms. The van der Waals surface area contributed by atoms with Crippen LogP contribution in [0.2, 0.25) is 0 Å². The molecule has 6 nitrogen and oxygen atoms in total. The first kappa shape index (κ1) is 17.5. The van der Waals surface area contributed by atoms with E-state index in [0.29, 0.717) is 12.2 Å². The topological polar surface area (TPSA) is 92.4 Å². The van der Waals surface area contributed by atoms with Crippen LogP contribution in [0.15, 0.2) is 37.0 Å². The van der Waals surface area contributed by atoms with Crippen molar-refractivity contribution in [1.29, 1.82) is 0 Å². The number of benzene rings is 1. The van der Waals surface area contributed by atoms with Crippen molar-refractivity contribution < 1.29 is 19.8 Å². The van der Waals surface area contributed by atoms with Gasteiger partial charge in [0.15, 0.2) is 0 Å². The average molecular weight is 328 g/mol. The molecule has 0 fully saturated rings. The molecule has 126 valence electrons. The van der Waals surface area contributed by atoms with Crippen LogP contribution in [0.25, 0.3) is 5.57 Å². The number of unbranched alkanes of at least 4 members (excludes halogenated alkanes) is 1. The third-order valence-electron chi connectivity index (χ3n) is 3.80. The molecule has 0 amide bonds. The number of imidazole rings is 1. The highest BCUT2D eigenvalue weighted by molar-refractivity contribution is 6.13. The van der Waals surface area contributed by atoms with Gasteiger partial charge in [-0.2, -0.15) is 0 Å². The van der Waals surface area contributed by atoms with Gasteiger partial charge >= 0.3 is 11.9 Å². The number of aryl methyl sites for hydroxylation is 1. The van der Waals surface area contributed by atoms with Gasteiger partial charge in [0, 0.05) is 13.0 Å². The molecule has 6 heteroatoms. The molecule has 1 aromatic heterocycles. The summed E-state index contributed by atoms with van der Waals surface area (Å²) in [7, 11) is 0. The van der Waals surface area contributed by atoms with Crippen molar-refractivity contribution in [3.63, 3.8) is 0 Å². The van der Waals surface area contributed by atoms with Gasteiger partial charge in [-0.15, -0.1) is 0 Å². The Morgan fingerprint density at radius 3 is 2.42 bits per heavy atom. The fraction of sp³-hybridized carbons (Fsp3) is 0.278. The van der Waals surface area contributed by atoms with E-state index in [1.807, 2.05) is 4.57 Å². The quantitative estimate of drug-likeness (QED) is 0.727.